The van der Waals surface area contributed by atoms with E-state index in [1.165, 1.54) is 24.3 Å². The maximum absolute atomic E-state index is 12.9. The van der Waals surface area contributed by atoms with E-state index in [0.29, 0.717) is 5.82 Å². The van der Waals surface area contributed by atoms with Crippen LogP contribution in [0.4, 0.5) is 24.7 Å². The van der Waals surface area contributed by atoms with Crippen LogP contribution in [-0.2, 0) is 6.18 Å². The molecule has 8 heteroatoms. The number of halogens is 3. The number of nitrogens with zero attached hydrogens (tertiary/aromatic N) is 2. The summed E-state index contributed by atoms with van der Waals surface area (Å²) in [5.41, 5.74) is -1.29. The van der Waals surface area contributed by atoms with Gasteiger partial charge in [-0.05, 0) is 30.7 Å². The average molecular weight is 338 g/mol. The van der Waals surface area contributed by atoms with Gasteiger partial charge >= 0.3 is 6.18 Å². The summed E-state index contributed by atoms with van der Waals surface area (Å²) in [4.78, 5) is 12.1. The molecular formula is C16H17F3N4O. The van der Waals surface area contributed by atoms with Gasteiger partial charge in [0.25, 0.3) is 5.91 Å². The zero-order chi connectivity index (χ0) is 17.6. The first-order valence-electron chi connectivity index (χ1n) is 7.47. The number of aromatic nitrogens is 2. The monoisotopic (exact) mass is 338 g/mol. The lowest BCUT2D eigenvalue weighted by molar-refractivity contribution is -0.136. The van der Waals surface area contributed by atoms with Crippen LogP contribution >= 0.6 is 0 Å². The highest BCUT2D eigenvalue weighted by molar-refractivity contribution is 6.03. The highest BCUT2D eigenvalue weighted by Gasteiger charge is 2.33. The van der Waals surface area contributed by atoms with Gasteiger partial charge in [-0.1, -0.05) is 25.5 Å². The van der Waals surface area contributed by atoms with Crippen molar-refractivity contribution in [3.63, 3.8) is 0 Å². The second-order valence-corrected chi connectivity index (χ2v) is 5.08. The van der Waals surface area contributed by atoms with Gasteiger partial charge in [0.2, 0.25) is 0 Å². The van der Waals surface area contributed by atoms with Crippen molar-refractivity contribution < 1.29 is 18.0 Å². The van der Waals surface area contributed by atoms with E-state index in [-0.39, 0.29) is 11.4 Å². The largest absolute Gasteiger partial charge is 0.418 e. The number of nitrogens with one attached hydrogen (secondary N) is 2. The maximum Gasteiger partial charge on any atom is 0.418 e. The van der Waals surface area contributed by atoms with Crippen LogP contribution < -0.4 is 10.6 Å². The third-order valence-corrected chi connectivity index (χ3v) is 3.21. The Morgan fingerprint density at radius 3 is 2.50 bits per heavy atom. The topological polar surface area (TPSA) is 66.9 Å². The Hall–Kier alpha value is -2.64. The average Bonchev–Trinajstić information content (AvgIpc) is 2.55. The first kappa shape index (κ1) is 17.7. The zero-order valence-electron chi connectivity index (χ0n) is 13.0. The number of carbonyl (C=O) groups excluding carboxylic acids is 1. The normalized spacial score (nSPS) is 11.2. The van der Waals surface area contributed by atoms with E-state index >= 15 is 0 Å². The van der Waals surface area contributed by atoms with Crippen LogP contribution in [0, 0.1) is 0 Å². The molecule has 2 rings (SSSR count). The molecule has 1 amide bonds. The van der Waals surface area contributed by atoms with Crippen LogP contribution in [0.2, 0.25) is 0 Å². The van der Waals surface area contributed by atoms with Crippen LogP contribution in [0.25, 0.3) is 0 Å². The van der Waals surface area contributed by atoms with Gasteiger partial charge in [0, 0.05) is 6.54 Å². The summed E-state index contributed by atoms with van der Waals surface area (Å²) < 4.78 is 38.7. The van der Waals surface area contributed by atoms with E-state index in [4.69, 9.17) is 0 Å². The number of amides is 1. The Balaban J connectivity index is 2.08. The Kier molecular flexibility index (Phi) is 5.73. The summed E-state index contributed by atoms with van der Waals surface area (Å²) in [6, 6.07) is 7.74. The van der Waals surface area contributed by atoms with Crippen LogP contribution in [-0.4, -0.2) is 22.6 Å². The third-order valence-electron chi connectivity index (χ3n) is 3.21. The van der Waals surface area contributed by atoms with Crippen LogP contribution in [0.15, 0.2) is 36.4 Å². The van der Waals surface area contributed by atoms with Crippen molar-refractivity contribution in [1.29, 1.82) is 0 Å². The Morgan fingerprint density at radius 2 is 1.88 bits per heavy atom. The third kappa shape index (κ3) is 4.68. The molecule has 2 aromatic rings. The van der Waals surface area contributed by atoms with Gasteiger partial charge in [-0.3, -0.25) is 4.79 Å². The van der Waals surface area contributed by atoms with Crippen molar-refractivity contribution in [2.75, 3.05) is 17.2 Å². The highest BCUT2D eigenvalue weighted by atomic mass is 19.4. The fraction of sp³-hybridized carbons (Fsp3) is 0.312. The van der Waals surface area contributed by atoms with E-state index in [0.717, 1.165) is 25.5 Å². The molecule has 0 aliphatic rings. The van der Waals surface area contributed by atoms with Gasteiger partial charge in [-0.25, -0.2) is 0 Å². The van der Waals surface area contributed by atoms with E-state index < -0.39 is 17.6 Å². The van der Waals surface area contributed by atoms with Gasteiger partial charge in [-0.2, -0.15) is 13.2 Å². The van der Waals surface area contributed by atoms with E-state index in [1.807, 2.05) is 0 Å². The number of benzene rings is 1. The van der Waals surface area contributed by atoms with Crippen LogP contribution in [0.1, 0.15) is 35.8 Å². The summed E-state index contributed by atoms with van der Waals surface area (Å²) >= 11 is 0. The van der Waals surface area contributed by atoms with Gasteiger partial charge in [0.15, 0.2) is 5.69 Å². The molecule has 0 aliphatic heterocycles. The van der Waals surface area contributed by atoms with E-state index in [9.17, 15) is 18.0 Å². The quantitative estimate of drug-likeness (QED) is 0.783. The number of para-hydroxylation sites is 1. The number of hydrogen-bond acceptors (Lipinski definition) is 4. The van der Waals surface area contributed by atoms with Crippen molar-refractivity contribution in [2.45, 2.75) is 25.9 Å². The molecule has 24 heavy (non-hydrogen) atoms. The highest BCUT2D eigenvalue weighted by Crippen LogP contribution is 2.34. The molecule has 0 saturated heterocycles. The van der Waals surface area contributed by atoms with Crippen molar-refractivity contribution in [3.05, 3.63) is 47.7 Å². The minimum Gasteiger partial charge on any atom is -0.369 e. The Bertz CT molecular complexity index is 686. The lowest BCUT2D eigenvalue weighted by atomic mass is 10.1. The molecule has 5 nitrogen and oxygen atoms in total. The van der Waals surface area contributed by atoms with Crippen molar-refractivity contribution in [2.24, 2.45) is 0 Å². The molecular weight excluding hydrogens is 321 g/mol. The number of alkyl halides is 3. The summed E-state index contributed by atoms with van der Waals surface area (Å²) in [7, 11) is 0. The molecule has 128 valence electrons. The summed E-state index contributed by atoms with van der Waals surface area (Å²) in [5.74, 6) is -0.241. The summed E-state index contributed by atoms with van der Waals surface area (Å²) in [5, 5.41) is 12.8. The molecule has 2 N–H and O–H groups in total. The predicted molar refractivity (Wildman–Crippen MR) is 84.8 cm³/mol. The number of rotatable bonds is 6. The summed E-state index contributed by atoms with van der Waals surface area (Å²) in [6.07, 6.45) is -2.56. The molecule has 0 aliphatic carbocycles. The minimum atomic E-state index is -4.55. The molecule has 0 atom stereocenters. The predicted octanol–water partition coefficient (Wildman–Crippen LogP) is 3.96. The minimum absolute atomic E-state index is 0.0620. The van der Waals surface area contributed by atoms with Crippen LogP contribution in [0.5, 0.6) is 0 Å². The van der Waals surface area contributed by atoms with Crippen molar-refractivity contribution in [1.82, 2.24) is 10.2 Å². The fourth-order valence-corrected chi connectivity index (χ4v) is 1.97. The Morgan fingerprint density at radius 1 is 1.12 bits per heavy atom. The van der Waals surface area contributed by atoms with Gasteiger partial charge in [-0.15, -0.1) is 10.2 Å². The van der Waals surface area contributed by atoms with Gasteiger partial charge in [0.05, 0.1) is 11.3 Å². The molecule has 0 radical (unpaired) electrons. The van der Waals surface area contributed by atoms with E-state index in [1.54, 1.807) is 6.07 Å². The Labute approximate surface area is 137 Å². The summed E-state index contributed by atoms with van der Waals surface area (Å²) in [6.45, 7) is 2.79. The lowest BCUT2D eigenvalue weighted by Crippen LogP contribution is -2.18. The maximum atomic E-state index is 12.9. The SMILES string of the molecule is CCCCNc1ccc(C(=O)Nc2ccccc2C(F)(F)F)nn1. The second kappa shape index (κ2) is 7.76. The number of anilines is 2. The molecule has 1 aromatic heterocycles. The number of unbranched alkanes of at least 4 members (excludes halogenated alkanes) is 1. The second-order valence-electron chi connectivity index (χ2n) is 5.08. The lowest BCUT2D eigenvalue weighted by Gasteiger charge is -2.13. The van der Waals surface area contributed by atoms with Crippen molar-refractivity contribution >= 4 is 17.4 Å². The van der Waals surface area contributed by atoms with Gasteiger partial charge < -0.3 is 10.6 Å². The van der Waals surface area contributed by atoms with Crippen LogP contribution in [0.3, 0.4) is 0 Å². The van der Waals surface area contributed by atoms with Crippen molar-refractivity contribution in [3.8, 4) is 0 Å². The zero-order valence-corrected chi connectivity index (χ0v) is 13.0. The molecule has 0 bridgehead atoms. The molecule has 0 saturated carbocycles. The van der Waals surface area contributed by atoms with Gasteiger partial charge in [0.1, 0.15) is 5.82 Å². The molecule has 0 spiro atoms. The number of hydrogen-bond donors (Lipinski definition) is 2. The van der Waals surface area contributed by atoms with E-state index in [2.05, 4.69) is 27.8 Å². The molecule has 1 heterocycles. The molecule has 1 aromatic carbocycles. The first-order valence-corrected chi connectivity index (χ1v) is 7.47. The first-order chi connectivity index (χ1) is 11.4. The number of carbonyl (C=O) groups is 1. The smallest absolute Gasteiger partial charge is 0.369 e. The fourth-order valence-electron chi connectivity index (χ4n) is 1.97. The molecule has 0 fully saturated rings. The standard InChI is InChI=1S/C16H17F3N4O/c1-2-3-10-20-14-9-8-13(22-23-14)15(24)21-12-7-5-4-6-11(12)16(17,18)19/h4-9H,2-3,10H2,1H3,(H,20,23)(H,21,24). The molecule has 0 unspecified atom stereocenters.